The average Bonchev–Trinajstić information content (AvgIpc) is 2.23. The SMILES string of the molecule is COc1c(C)c(C)c(CNO)c(C)c1Cl. The Labute approximate surface area is 95.0 Å². The minimum absolute atomic E-state index is 0.391. The molecule has 0 unspecified atom stereocenters. The van der Waals surface area contributed by atoms with Crippen molar-refractivity contribution < 1.29 is 9.94 Å². The molecule has 1 rings (SSSR count). The van der Waals surface area contributed by atoms with Crippen LogP contribution in [0.5, 0.6) is 5.75 Å². The van der Waals surface area contributed by atoms with E-state index < -0.39 is 0 Å². The number of ether oxygens (including phenoxy) is 1. The minimum atomic E-state index is 0.391. The number of hydrogen-bond acceptors (Lipinski definition) is 3. The Kier molecular flexibility index (Phi) is 3.97. The first kappa shape index (κ1) is 12.3. The molecule has 3 nitrogen and oxygen atoms in total. The smallest absolute Gasteiger partial charge is 0.140 e. The van der Waals surface area contributed by atoms with E-state index in [-0.39, 0.29) is 0 Å². The molecule has 0 spiro atoms. The van der Waals surface area contributed by atoms with E-state index in [2.05, 4.69) is 5.48 Å². The fraction of sp³-hybridized carbons (Fsp3) is 0.455. The molecule has 2 N–H and O–H groups in total. The van der Waals surface area contributed by atoms with Gasteiger partial charge in [-0.15, -0.1) is 0 Å². The predicted octanol–water partition coefficient (Wildman–Crippen LogP) is 2.75. The minimum Gasteiger partial charge on any atom is -0.495 e. The fourth-order valence-corrected chi connectivity index (χ4v) is 2.07. The summed E-state index contributed by atoms with van der Waals surface area (Å²) in [6, 6.07) is 0. The molecule has 84 valence electrons. The summed E-state index contributed by atoms with van der Waals surface area (Å²) in [5, 5.41) is 9.37. The van der Waals surface area contributed by atoms with Crippen LogP contribution in [0.2, 0.25) is 5.02 Å². The van der Waals surface area contributed by atoms with Gasteiger partial charge in [0.15, 0.2) is 0 Å². The second-order valence-corrected chi connectivity index (χ2v) is 3.91. The molecular formula is C11H16ClNO2. The first-order chi connectivity index (χ1) is 7.04. The Morgan fingerprint density at radius 1 is 1.20 bits per heavy atom. The van der Waals surface area contributed by atoms with Crippen LogP contribution in [-0.4, -0.2) is 12.3 Å². The lowest BCUT2D eigenvalue weighted by molar-refractivity contribution is 0.161. The number of rotatable bonds is 3. The molecule has 0 bridgehead atoms. The van der Waals surface area contributed by atoms with Crippen LogP contribution >= 0.6 is 11.6 Å². The third-order valence-electron chi connectivity index (χ3n) is 2.80. The number of nitrogens with one attached hydrogen (secondary N) is 1. The summed E-state index contributed by atoms with van der Waals surface area (Å²) in [5.74, 6) is 0.716. The number of methoxy groups -OCH3 is 1. The number of hydrogen-bond donors (Lipinski definition) is 2. The molecule has 0 aliphatic rings. The van der Waals surface area contributed by atoms with Crippen LogP contribution in [0.3, 0.4) is 0 Å². The molecule has 0 saturated heterocycles. The van der Waals surface area contributed by atoms with Crippen molar-refractivity contribution in [3.63, 3.8) is 0 Å². The van der Waals surface area contributed by atoms with Gasteiger partial charge in [-0.05, 0) is 43.0 Å². The summed E-state index contributed by atoms with van der Waals surface area (Å²) < 4.78 is 5.26. The van der Waals surface area contributed by atoms with E-state index in [0.29, 0.717) is 17.3 Å². The fourth-order valence-electron chi connectivity index (χ4n) is 1.73. The quantitative estimate of drug-likeness (QED) is 0.784. The highest BCUT2D eigenvalue weighted by Crippen LogP contribution is 2.36. The Balaban J connectivity index is 3.44. The highest BCUT2D eigenvalue weighted by atomic mass is 35.5. The van der Waals surface area contributed by atoms with Crippen molar-refractivity contribution in [3.05, 3.63) is 27.3 Å². The summed E-state index contributed by atoms with van der Waals surface area (Å²) in [6.07, 6.45) is 0. The van der Waals surface area contributed by atoms with Crippen LogP contribution in [0.1, 0.15) is 22.3 Å². The van der Waals surface area contributed by atoms with Gasteiger partial charge in [-0.2, -0.15) is 0 Å². The molecule has 4 heteroatoms. The average molecular weight is 230 g/mol. The highest BCUT2D eigenvalue weighted by Gasteiger charge is 2.15. The van der Waals surface area contributed by atoms with Crippen molar-refractivity contribution in [2.45, 2.75) is 27.3 Å². The first-order valence-electron chi connectivity index (χ1n) is 4.73. The summed E-state index contributed by atoms with van der Waals surface area (Å²) >= 11 is 6.18. The van der Waals surface area contributed by atoms with Crippen LogP contribution in [0.4, 0.5) is 0 Å². The van der Waals surface area contributed by atoms with Gasteiger partial charge in [0.25, 0.3) is 0 Å². The predicted molar refractivity (Wildman–Crippen MR) is 60.8 cm³/mol. The van der Waals surface area contributed by atoms with E-state index in [9.17, 15) is 0 Å². The molecule has 0 saturated carbocycles. The molecule has 0 heterocycles. The molecule has 0 aromatic heterocycles. The molecule has 0 aliphatic carbocycles. The van der Waals surface area contributed by atoms with E-state index >= 15 is 0 Å². The molecule has 0 aliphatic heterocycles. The van der Waals surface area contributed by atoms with E-state index in [4.69, 9.17) is 21.5 Å². The Bertz CT molecular complexity index is 348. The maximum absolute atomic E-state index is 8.75. The van der Waals surface area contributed by atoms with Crippen molar-refractivity contribution in [2.24, 2.45) is 0 Å². The van der Waals surface area contributed by atoms with Crippen LogP contribution < -0.4 is 10.2 Å². The van der Waals surface area contributed by atoms with Crippen molar-refractivity contribution in [3.8, 4) is 5.75 Å². The van der Waals surface area contributed by atoms with Crippen molar-refractivity contribution in [1.29, 1.82) is 0 Å². The number of benzene rings is 1. The molecule has 0 amide bonds. The zero-order valence-corrected chi connectivity index (χ0v) is 10.2. The number of halogens is 1. The van der Waals surface area contributed by atoms with Crippen molar-refractivity contribution in [2.75, 3.05) is 7.11 Å². The van der Waals surface area contributed by atoms with E-state index in [1.807, 2.05) is 20.8 Å². The maximum atomic E-state index is 8.75. The lowest BCUT2D eigenvalue weighted by Crippen LogP contribution is -2.11. The molecule has 15 heavy (non-hydrogen) atoms. The van der Waals surface area contributed by atoms with Gasteiger partial charge in [-0.25, -0.2) is 5.48 Å². The monoisotopic (exact) mass is 229 g/mol. The molecule has 0 atom stereocenters. The standard InChI is InChI=1S/C11H16ClNO2/c1-6-7(2)11(15-4)10(12)8(3)9(6)5-13-14/h13-14H,5H2,1-4H3. The van der Waals surface area contributed by atoms with Gasteiger partial charge < -0.3 is 9.94 Å². The molecule has 0 radical (unpaired) electrons. The van der Waals surface area contributed by atoms with Crippen molar-refractivity contribution >= 4 is 11.6 Å². The summed E-state index contributed by atoms with van der Waals surface area (Å²) in [4.78, 5) is 0. The normalized spacial score (nSPS) is 10.5. The maximum Gasteiger partial charge on any atom is 0.140 e. The zero-order valence-electron chi connectivity index (χ0n) is 9.44. The van der Waals surface area contributed by atoms with E-state index in [1.54, 1.807) is 7.11 Å². The van der Waals surface area contributed by atoms with Crippen LogP contribution in [0, 0.1) is 20.8 Å². The van der Waals surface area contributed by atoms with Gasteiger partial charge in [0.05, 0.1) is 12.1 Å². The summed E-state index contributed by atoms with van der Waals surface area (Å²) in [7, 11) is 1.61. The van der Waals surface area contributed by atoms with Crippen LogP contribution in [-0.2, 0) is 6.54 Å². The molecular weight excluding hydrogens is 214 g/mol. The topological polar surface area (TPSA) is 41.5 Å². The first-order valence-corrected chi connectivity index (χ1v) is 5.11. The summed E-state index contributed by atoms with van der Waals surface area (Å²) in [5.41, 5.74) is 6.22. The van der Waals surface area contributed by atoms with Crippen LogP contribution in [0.25, 0.3) is 0 Å². The summed E-state index contributed by atoms with van der Waals surface area (Å²) in [6.45, 7) is 6.26. The van der Waals surface area contributed by atoms with Gasteiger partial charge >= 0.3 is 0 Å². The molecule has 0 fully saturated rings. The van der Waals surface area contributed by atoms with Gasteiger partial charge in [0, 0.05) is 6.54 Å². The van der Waals surface area contributed by atoms with Gasteiger partial charge in [0.2, 0.25) is 0 Å². The number of hydroxylamine groups is 1. The Hall–Kier alpha value is -0.770. The van der Waals surface area contributed by atoms with Gasteiger partial charge in [0.1, 0.15) is 5.75 Å². The Morgan fingerprint density at radius 2 is 1.80 bits per heavy atom. The van der Waals surface area contributed by atoms with Gasteiger partial charge in [-0.3, -0.25) is 0 Å². The zero-order chi connectivity index (χ0) is 11.6. The highest BCUT2D eigenvalue weighted by molar-refractivity contribution is 6.33. The lowest BCUT2D eigenvalue weighted by atomic mass is 9.97. The third-order valence-corrected chi connectivity index (χ3v) is 3.25. The van der Waals surface area contributed by atoms with Crippen LogP contribution in [0.15, 0.2) is 0 Å². The van der Waals surface area contributed by atoms with E-state index in [0.717, 1.165) is 22.3 Å². The van der Waals surface area contributed by atoms with Gasteiger partial charge in [-0.1, -0.05) is 11.6 Å². The largest absolute Gasteiger partial charge is 0.495 e. The Morgan fingerprint density at radius 3 is 2.27 bits per heavy atom. The van der Waals surface area contributed by atoms with E-state index in [1.165, 1.54) is 0 Å². The molecule has 1 aromatic carbocycles. The lowest BCUT2D eigenvalue weighted by Gasteiger charge is -2.17. The molecule has 1 aromatic rings. The van der Waals surface area contributed by atoms with Crippen molar-refractivity contribution in [1.82, 2.24) is 5.48 Å². The third kappa shape index (κ3) is 2.09. The second kappa shape index (κ2) is 4.84. The second-order valence-electron chi connectivity index (χ2n) is 3.54.